The fraction of sp³-hybridized carbons (Fsp3) is 0.158. The van der Waals surface area contributed by atoms with Crippen LogP contribution in [0, 0.1) is 0 Å². The summed E-state index contributed by atoms with van der Waals surface area (Å²) in [4.78, 5) is 0. The van der Waals surface area contributed by atoms with Crippen molar-refractivity contribution in [2.24, 2.45) is 0 Å². The topological polar surface area (TPSA) is 9.23 Å². The summed E-state index contributed by atoms with van der Waals surface area (Å²) in [7, 11) is 0. The van der Waals surface area contributed by atoms with Crippen LogP contribution in [0.5, 0.6) is 5.75 Å². The maximum Gasteiger partial charge on any atom is 0.119 e. The fourth-order valence-electron chi connectivity index (χ4n) is 2.43. The summed E-state index contributed by atoms with van der Waals surface area (Å²) in [5.41, 5.74) is 1.27. The second-order valence-electron chi connectivity index (χ2n) is 5.11. The highest BCUT2D eigenvalue weighted by atomic mass is 32.1. The minimum Gasteiger partial charge on any atom is -0.493 e. The van der Waals surface area contributed by atoms with E-state index in [4.69, 9.17) is 4.74 Å². The largest absolute Gasteiger partial charge is 0.493 e. The first-order valence-electron chi connectivity index (χ1n) is 7.14. The van der Waals surface area contributed by atoms with Crippen molar-refractivity contribution in [1.29, 1.82) is 0 Å². The molecule has 3 aromatic rings. The number of rotatable bonds is 5. The Morgan fingerprint density at radius 1 is 0.810 bits per heavy atom. The minimum absolute atomic E-state index is 0.306. The van der Waals surface area contributed by atoms with Gasteiger partial charge in [0.15, 0.2) is 0 Å². The lowest BCUT2D eigenvalue weighted by Crippen LogP contribution is -2.11. The van der Waals surface area contributed by atoms with Gasteiger partial charge in [0.25, 0.3) is 0 Å². The van der Waals surface area contributed by atoms with Gasteiger partial charge in [0.1, 0.15) is 5.75 Å². The molecule has 21 heavy (non-hydrogen) atoms. The first kappa shape index (κ1) is 14.0. The summed E-state index contributed by atoms with van der Waals surface area (Å²) < 4.78 is 5.97. The lowest BCUT2D eigenvalue weighted by Gasteiger charge is -2.16. The van der Waals surface area contributed by atoms with Crippen molar-refractivity contribution in [3.05, 3.63) is 78.4 Å². The van der Waals surface area contributed by atoms with E-state index in [0.29, 0.717) is 12.5 Å². The first-order valence-corrected chi connectivity index (χ1v) is 7.77. The van der Waals surface area contributed by atoms with Crippen LogP contribution in [-0.2, 0) is 0 Å². The van der Waals surface area contributed by atoms with Gasteiger partial charge in [-0.25, -0.2) is 0 Å². The molecule has 0 N–H and O–H groups in total. The van der Waals surface area contributed by atoms with Crippen LogP contribution in [0.1, 0.15) is 11.5 Å². The Balaban J connectivity index is 1.73. The predicted octanol–water partition coefficient (Wildman–Crippen LogP) is 4.93. The molecule has 0 radical (unpaired) electrons. The average molecular weight is 294 g/mol. The molecule has 3 rings (SSSR count). The van der Waals surface area contributed by atoms with E-state index >= 15 is 0 Å². The molecule has 0 aliphatic carbocycles. The van der Waals surface area contributed by atoms with E-state index in [2.05, 4.69) is 67.2 Å². The number of benzene rings is 3. The molecule has 1 nitrogen and oxygen atoms in total. The maximum absolute atomic E-state index is 5.97. The fourth-order valence-corrected chi connectivity index (χ4v) is 2.75. The van der Waals surface area contributed by atoms with Crippen molar-refractivity contribution in [2.75, 3.05) is 12.4 Å². The molecule has 0 fully saturated rings. The molecule has 0 spiro atoms. The second kappa shape index (κ2) is 6.68. The van der Waals surface area contributed by atoms with Gasteiger partial charge >= 0.3 is 0 Å². The molecular weight excluding hydrogens is 276 g/mol. The monoisotopic (exact) mass is 294 g/mol. The molecule has 0 amide bonds. The Bertz CT molecular complexity index is 709. The Morgan fingerprint density at radius 3 is 2.29 bits per heavy atom. The molecule has 2 heteroatoms. The van der Waals surface area contributed by atoms with E-state index in [1.54, 1.807) is 0 Å². The van der Waals surface area contributed by atoms with Gasteiger partial charge in [-0.05, 0) is 28.5 Å². The molecule has 0 heterocycles. The number of ether oxygens (including phenoxy) is 1. The Morgan fingerprint density at radius 2 is 1.52 bits per heavy atom. The molecular formula is C19H18OS. The lowest BCUT2D eigenvalue weighted by atomic mass is 10.0. The van der Waals surface area contributed by atoms with Gasteiger partial charge in [-0.1, -0.05) is 60.7 Å². The van der Waals surface area contributed by atoms with Crippen LogP contribution in [0.3, 0.4) is 0 Å². The Labute approximate surface area is 131 Å². The predicted molar refractivity (Wildman–Crippen MR) is 92.5 cm³/mol. The van der Waals surface area contributed by atoms with Crippen molar-refractivity contribution in [1.82, 2.24) is 0 Å². The summed E-state index contributed by atoms with van der Waals surface area (Å²) in [5.74, 6) is 2.00. The van der Waals surface area contributed by atoms with Crippen LogP contribution < -0.4 is 4.74 Å². The summed E-state index contributed by atoms with van der Waals surface area (Å²) in [6, 6.07) is 24.9. The smallest absolute Gasteiger partial charge is 0.119 e. The van der Waals surface area contributed by atoms with Crippen molar-refractivity contribution in [3.8, 4) is 5.75 Å². The number of hydrogen-bond acceptors (Lipinski definition) is 2. The van der Waals surface area contributed by atoms with Gasteiger partial charge in [-0.3, -0.25) is 0 Å². The van der Waals surface area contributed by atoms with Crippen LogP contribution in [0.4, 0.5) is 0 Å². The van der Waals surface area contributed by atoms with Crippen molar-refractivity contribution in [3.63, 3.8) is 0 Å². The standard InChI is InChI=1S/C19H18OS/c21-14-18(15-6-2-1-3-7-15)13-20-19-11-10-16-8-4-5-9-17(16)12-19/h1-12,18,21H,13-14H2. The molecule has 1 atom stereocenters. The van der Waals surface area contributed by atoms with Crippen LogP contribution in [0.15, 0.2) is 72.8 Å². The zero-order valence-electron chi connectivity index (χ0n) is 11.8. The highest BCUT2D eigenvalue weighted by molar-refractivity contribution is 7.80. The van der Waals surface area contributed by atoms with E-state index in [9.17, 15) is 0 Å². The van der Waals surface area contributed by atoms with Crippen molar-refractivity contribution >= 4 is 23.4 Å². The van der Waals surface area contributed by atoms with Crippen molar-refractivity contribution in [2.45, 2.75) is 5.92 Å². The third-order valence-electron chi connectivity index (χ3n) is 3.66. The molecule has 3 aromatic carbocycles. The third-order valence-corrected chi connectivity index (χ3v) is 4.10. The Hall–Kier alpha value is -1.93. The number of fused-ring (bicyclic) bond motifs is 1. The third kappa shape index (κ3) is 3.40. The minimum atomic E-state index is 0.306. The van der Waals surface area contributed by atoms with Crippen LogP contribution >= 0.6 is 12.6 Å². The van der Waals surface area contributed by atoms with Gasteiger partial charge in [0.2, 0.25) is 0 Å². The molecule has 0 aliphatic rings. The van der Waals surface area contributed by atoms with Crippen LogP contribution in [0.25, 0.3) is 10.8 Å². The van der Waals surface area contributed by atoms with Crippen molar-refractivity contribution < 1.29 is 4.74 Å². The van der Waals surface area contributed by atoms with E-state index in [1.807, 2.05) is 18.2 Å². The van der Waals surface area contributed by atoms with E-state index in [0.717, 1.165) is 11.5 Å². The number of hydrogen-bond donors (Lipinski definition) is 1. The molecule has 106 valence electrons. The molecule has 1 unspecified atom stereocenters. The van der Waals surface area contributed by atoms with Gasteiger partial charge in [-0.2, -0.15) is 12.6 Å². The van der Waals surface area contributed by atoms with E-state index in [1.165, 1.54) is 16.3 Å². The normalized spacial score (nSPS) is 12.2. The molecule has 0 bridgehead atoms. The molecule has 0 saturated carbocycles. The Kier molecular flexibility index (Phi) is 4.46. The summed E-state index contributed by atoms with van der Waals surface area (Å²) in [6.45, 7) is 0.645. The quantitative estimate of drug-likeness (QED) is 0.656. The summed E-state index contributed by atoms with van der Waals surface area (Å²) in [6.07, 6.45) is 0. The van der Waals surface area contributed by atoms with E-state index in [-0.39, 0.29) is 0 Å². The second-order valence-corrected chi connectivity index (χ2v) is 5.48. The molecule has 0 saturated heterocycles. The van der Waals surface area contributed by atoms with Gasteiger partial charge in [0, 0.05) is 11.7 Å². The summed E-state index contributed by atoms with van der Waals surface area (Å²) >= 11 is 4.45. The van der Waals surface area contributed by atoms with Gasteiger partial charge < -0.3 is 4.74 Å². The van der Waals surface area contributed by atoms with Gasteiger partial charge in [-0.15, -0.1) is 0 Å². The van der Waals surface area contributed by atoms with E-state index < -0.39 is 0 Å². The summed E-state index contributed by atoms with van der Waals surface area (Å²) in [5, 5.41) is 2.44. The average Bonchev–Trinajstić information content (AvgIpc) is 2.56. The van der Waals surface area contributed by atoms with Crippen LogP contribution in [-0.4, -0.2) is 12.4 Å². The zero-order chi connectivity index (χ0) is 14.5. The zero-order valence-corrected chi connectivity index (χ0v) is 12.7. The first-order chi connectivity index (χ1) is 10.4. The van der Waals surface area contributed by atoms with Crippen LogP contribution in [0.2, 0.25) is 0 Å². The highest BCUT2D eigenvalue weighted by Crippen LogP contribution is 2.23. The molecule has 0 aromatic heterocycles. The molecule has 0 aliphatic heterocycles. The van der Waals surface area contributed by atoms with Gasteiger partial charge in [0.05, 0.1) is 6.61 Å². The highest BCUT2D eigenvalue weighted by Gasteiger charge is 2.10. The SMILES string of the molecule is SCC(COc1ccc2ccccc2c1)c1ccccc1. The number of thiol groups is 1. The lowest BCUT2D eigenvalue weighted by molar-refractivity contribution is 0.298. The maximum atomic E-state index is 5.97.